The Labute approximate surface area is 76.2 Å². The number of nitrogens with two attached hydrogens (primary N) is 1. The standard InChI is InChI=1S/C9H12N4/c1-6-7(2-3-10)8-9(13-6)12-5-4-11-8/h4-5H,2-3,10H2,1H3,(H,12,13). The Morgan fingerprint density at radius 2 is 2.15 bits per heavy atom. The second-order valence-corrected chi connectivity index (χ2v) is 3.02. The minimum absolute atomic E-state index is 0.643. The number of rotatable bonds is 2. The van der Waals surface area contributed by atoms with E-state index in [0.717, 1.165) is 23.3 Å². The molecule has 0 spiro atoms. The zero-order valence-electron chi connectivity index (χ0n) is 7.54. The number of aromatic amines is 1. The third kappa shape index (κ3) is 1.29. The van der Waals surface area contributed by atoms with Crippen LogP contribution in [0.3, 0.4) is 0 Å². The molecule has 0 radical (unpaired) electrons. The number of aryl methyl sites for hydroxylation is 1. The first-order chi connectivity index (χ1) is 6.33. The third-order valence-electron chi connectivity index (χ3n) is 2.14. The van der Waals surface area contributed by atoms with Crippen molar-refractivity contribution < 1.29 is 0 Å². The maximum Gasteiger partial charge on any atom is 0.156 e. The van der Waals surface area contributed by atoms with Crippen LogP contribution in [0.5, 0.6) is 0 Å². The molecular formula is C9H12N4. The molecule has 0 amide bonds. The van der Waals surface area contributed by atoms with Gasteiger partial charge in [-0.1, -0.05) is 0 Å². The smallest absolute Gasteiger partial charge is 0.156 e. The summed E-state index contributed by atoms with van der Waals surface area (Å²) < 4.78 is 0. The van der Waals surface area contributed by atoms with Crippen molar-refractivity contribution in [3.8, 4) is 0 Å². The molecule has 0 saturated heterocycles. The van der Waals surface area contributed by atoms with Gasteiger partial charge >= 0.3 is 0 Å². The van der Waals surface area contributed by atoms with Crippen molar-refractivity contribution in [3.05, 3.63) is 23.7 Å². The van der Waals surface area contributed by atoms with Crippen LogP contribution in [0.1, 0.15) is 11.3 Å². The average molecular weight is 176 g/mol. The maximum absolute atomic E-state index is 5.52. The van der Waals surface area contributed by atoms with E-state index in [9.17, 15) is 0 Å². The summed E-state index contributed by atoms with van der Waals surface area (Å²) in [4.78, 5) is 11.6. The topological polar surface area (TPSA) is 67.6 Å². The van der Waals surface area contributed by atoms with E-state index in [1.807, 2.05) is 6.92 Å². The zero-order valence-corrected chi connectivity index (χ0v) is 7.54. The lowest BCUT2D eigenvalue weighted by molar-refractivity contribution is 0.960. The van der Waals surface area contributed by atoms with Gasteiger partial charge in [0, 0.05) is 23.7 Å². The minimum Gasteiger partial charge on any atom is -0.342 e. The summed E-state index contributed by atoms with van der Waals surface area (Å²) in [6.45, 7) is 2.67. The highest BCUT2D eigenvalue weighted by atomic mass is 14.9. The highest BCUT2D eigenvalue weighted by Gasteiger charge is 2.08. The van der Waals surface area contributed by atoms with E-state index in [1.165, 1.54) is 5.56 Å². The number of nitrogens with zero attached hydrogens (tertiary/aromatic N) is 2. The molecule has 4 nitrogen and oxygen atoms in total. The Morgan fingerprint density at radius 1 is 1.38 bits per heavy atom. The quantitative estimate of drug-likeness (QED) is 0.710. The lowest BCUT2D eigenvalue weighted by atomic mass is 10.1. The molecule has 2 rings (SSSR count). The summed E-state index contributed by atoms with van der Waals surface area (Å²) in [6.07, 6.45) is 4.24. The Bertz CT molecular complexity index is 418. The lowest BCUT2D eigenvalue weighted by Crippen LogP contribution is -2.03. The second kappa shape index (κ2) is 3.14. The molecule has 0 aliphatic rings. The molecule has 2 aromatic heterocycles. The SMILES string of the molecule is Cc1[nH]c2nccnc2c1CCN. The third-order valence-corrected chi connectivity index (χ3v) is 2.14. The van der Waals surface area contributed by atoms with Crippen molar-refractivity contribution in [1.82, 2.24) is 15.0 Å². The Kier molecular flexibility index (Phi) is 1.98. The van der Waals surface area contributed by atoms with Gasteiger partial charge in [-0.3, -0.25) is 4.98 Å². The first kappa shape index (κ1) is 8.19. The van der Waals surface area contributed by atoms with Crippen LogP contribution in [0.2, 0.25) is 0 Å². The van der Waals surface area contributed by atoms with Gasteiger partial charge in [0.15, 0.2) is 5.65 Å². The molecule has 0 atom stereocenters. The van der Waals surface area contributed by atoms with E-state index in [-0.39, 0.29) is 0 Å². The highest BCUT2D eigenvalue weighted by Crippen LogP contribution is 2.17. The monoisotopic (exact) mass is 176 g/mol. The van der Waals surface area contributed by atoms with Gasteiger partial charge in [-0.05, 0) is 19.9 Å². The van der Waals surface area contributed by atoms with Crippen molar-refractivity contribution in [2.45, 2.75) is 13.3 Å². The van der Waals surface area contributed by atoms with Crippen LogP contribution in [-0.2, 0) is 6.42 Å². The van der Waals surface area contributed by atoms with Gasteiger partial charge in [-0.25, -0.2) is 4.98 Å². The van der Waals surface area contributed by atoms with E-state index >= 15 is 0 Å². The van der Waals surface area contributed by atoms with Gasteiger partial charge < -0.3 is 10.7 Å². The van der Waals surface area contributed by atoms with E-state index < -0.39 is 0 Å². The van der Waals surface area contributed by atoms with Crippen molar-refractivity contribution in [1.29, 1.82) is 0 Å². The Balaban J connectivity index is 2.64. The highest BCUT2D eigenvalue weighted by molar-refractivity contribution is 5.76. The van der Waals surface area contributed by atoms with Crippen LogP contribution in [0.25, 0.3) is 11.2 Å². The number of H-pyrrole nitrogens is 1. The summed E-state index contributed by atoms with van der Waals surface area (Å²) in [5.41, 5.74) is 9.62. The molecule has 68 valence electrons. The molecule has 0 fully saturated rings. The van der Waals surface area contributed by atoms with Gasteiger partial charge in [0.25, 0.3) is 0 Å². The second-order valence-electron chi connectivity index (χ2n) is 3.02. The number of fused-ring (bicyclic) bond motifs is 1. The first-order valence-electron chi connectivity index (χ1n) is 4.31. The van der Waals surface area contributed by atoms with Crippen molar-refractivity contribution in [2.24, 2.45) is 5.73 Å². The van der Waals surface area contributed by atoms with E-state index in [2.05, 4.69) is 15.0 Å². The van der Waals surface area contributed by atoms with Crippen LogP contribution in [-0.4, -0.2) is 21.5 Å². The molecule has 2 aromatic rings. The summed E-state index contributed by atoms with van der Waals surface area (Å²) >= 11 is 0. The van der Waals surface area contributed by atoms with Crippen molar-refractivity contribution in [3.63, 3.8) is 0 Å². The molecule has 0 bridgehead atoms. The summed E-state index contributed by atoms with van der Waals surface area (Å²) in [5, 5.41) is 0. The molecule has 0 unspecified atom stereocenters. The van der Waals surface area contributed by atoms with Crippen LogP contribution in [0.4, 0.5) is 0 Å². The number of nitrogens with one attached hydrogen (secondary N) is 1. The van der Waals surface area contributed by atoms with Crippen LogP contribution in [0, 0.1) is 6.92 Å². The number of hydrogen-bond acceptors (Lipinski definition) is 3. The molecule has 0 aliphatic carbocycles. The maximum atomic E-state index is 5.52. The molecule has 13 heavy (non-hydrogen) atoms. The van der Waals surface area contributed by atoms with Crippen molar-refractivity contribution >= 4 is 11.2 Å². The number of aromatic nitrogens is 3. The summed E-state index contributed by atoms with van der Waals surface area (Å²) in [5.74, 6) is 0. The fourth-order valence-corrected chi connectivity index (χ4v) is 1.53. The van der Waals surface area contributed by atoms with Gasteiger partial charge in [0.2, 0.25) is 0 Å². The molecule has 3 N–H and O–H groups in total. The fourth-order valence-electron chi connectivity index (χ4n) is 1.53. The largest absolute Gasteiger partial charge is 0.342 e. The zero-order chi connectivity index (χ0) is 9.26. The minimum atomic E-state index is 0.643. The molecule has 2 heterocycles. The Morgan fingerprint density at radius 3 is 2.92 bits per heavy atom. The summed E-state index contributed by atoms with van der Waals surface area (Å²) in [6, 6.07) is 0. The number of hydrogen-bond donors (Lipinski definition) is 2. The van der Waals surface area contributed by atoms with Gasteiger partial charge in [-0.15, -0.1) is 0 Å². The first-order valence-corrected chi connectivity index (χ1v) is 4.31. The van der Waals surface area contributed by atoms with Gasteiger partial charge in [-0.2, -0.15) is 0 Å². The van der Waals surface area contributed by atoms with Crippen LogP contribution >= 0.6 is 0 Å². The van der Waals surface area contributed by atoms with Gasteiger partial charge in [0.1, 0.15) is 5.52 Å². The molecule has 4 heteroatoms. The average Bonchev–Trinajstić information content (AvgIpc) is 2.44. The predicted molar refractivity (Wildman–Crippen MR) is 51.4 cm³/mol. The van der Waals surface area contributed by atoms with E-state index in [4.69, 9.17) is 5.73 Å². The normalized spacial score (nSPS) is 10.9. The fraction of sp³-hybridized carbons (Fsp3) is 0.333. The van der Waals surface area contributed by atoms with Gasteiger partial charge in [0.05, 0.1) is 0 Å². The van der Waals surface area contributed by atoms with Crippen molar-refractivity contribution in [2.75, 3.05) is 6.54 Å². The molecular weight excluding hydrogens is 164 g/mol. The molecule has 0 aromatic carbocycles. The molecule has 0 saturated carbocycles. The van der Waals surface area contributed by atoms with E-state index in [1.54, 1.807) is 12.4 Å². The van der Waals surface area contributed by atoms with E-state index in [0.29, 0.717) is 6.54 Å². The van der Waals surface area contributed by atoms with Crippen LogP contribution < -0.4 is 5.73 Å². The lowest BCUT2D eigenvalue weighted by Gasteiger charge is -1.95. The summed E-state index contributed by atoms with van der Waals surface area (Å²) in [7, 11) is 0. The predicted octanol–water partition coefficient (Wildman–Crippen LogP) is 0.768. The molecule has 0 aliphatic heterocycles. The Hall–Kier alpha value is -1.42. The van der Waals surface area contributed by atoms with Crippen LogP contribution in [0.15, 0.2) is 12.4 Å².